The third kappa shape index (κ3) is 1.91. The number of rotatable bonds is 3. The lowest BCUT2D eigenvalue weighted by atomic mass is 10.1. The van der Waals surface area contributed by atoms with Crippen molar-refractivity contribution in [1.82, 2.24) is 9.97 Å². The van der Waals surface area contributed by atoms with Crippen molar-refractivity contribution in [2.45, 2.75) is 6.42 Å². The lowest BCUT2D eigenvalue weighted by molar-refractivity contribution is 0.112. The first-order valence-electron chi connectivity index (χ1n) is 5.82. The molecule has 1 aromatic carbocycles. The molecule has 1 N–H and O–H groups in total. The van der Waals surface area contributed by atoms with Gasteiger partial charge < -0.3 is 4.98 Å². The first-order chi connectivity index (χ1) is 8.86. The number of H-pyrrole nitrogens is 1. The van der Waals surface area contributed by atoms with Crippen LogP contribution in [0.25, 0.3) is 11.0 Å². The van der Waals surface area contributed by atoms with E-state index in [2.05, 4.69) is 22.1 Å². The van der Waals surface area contributed by atoms with Gasteiger partial charge in [-0.3, -0.25) is 4.79 Å². The number of aromatic amines is 1. The predicted molar refractivity (Wildman–Crippen MR) is 70.7 cm³/mol. The van der Waals surface area contributed by atoms with E-state index >= 15 is 0 Å². The van der Waals surface area contributed by atoms with E-state index in [0.29, 0.717) is 5.56 Å². The number of nitrogens with one attached hydrogen (secondary N) is 1. The molecule has 0 aliphatic rings. The number of carbonyl (C=O) groups is 1. The molecule has 18 heavy (non-hydrogen) atoms. The summed E-state index contributed by atoms with van der Waals surface area (Å²) in [7, 11) is 0. The molecule has 3 rings (SSSR count). The van der Waals surface area contributed by atoms with Crippen LogP contribution in [0.15, 0.2) is 48.8 Å². The number of hydrogen-bond acceptors (Lipinski definition) is 2. The molecule has 0 amide bonds. The topological polar surface area (TPSA) is 45.8 Å². The molecule has 0 atom stereocenters. The minimum atomic E-state index is 0.660. The van der Waals surface area contributed by atoms with Crippen molar-refractivity contribution < 1.29 is 4.79 Å². The quantitative estimate of drug-likeness (QED) is 0.710. The number of nitrogens with zero attached hydrogens (tertiary/aromatic N) is 1. The zero-order valence-corrected chi connectivity index (χ0v) is 9.76. The van der Waals surface area contributed by atoms with Crippen LogP contribution in [0.1, 0.15) is 21.5 Å². The SMILES string of the molecule is O=Cc1c[nH]c2ncc(Cc3ccccc3)cc12. The van der Waals surface area contributed by atoms with Gasteiger partial charge >= 0.3 is 0 Å². The summed E-state index contributed by atoms with van der Waals surface area (Å²) in [6.07, 6.45) is 5.22. The Morgan fingerprint density at radius 2 is 2.00 bits per heavy atom. The van der Waals surface area contributed by atoms with Crippen LogP contribution in [0.3, 0.4) is 0 Å². The van der Waals surface area contributed by atoms with E-state index in [1.54, 1.807) is 6.20 Å². The molecule has 3 aromatic rings. The molecular formula is C15H12N2O. The Kier molecular flexibility index (Phi) is 2.65. The number of aromatic nitrogens is 2. The highest BCUT2D eigenvalue weighted by atomic mass is 16.1. The Hall–Kier alpha value is -2.42. The maximum atomic E-state index is 10.9. The zero-order valence-electron chi connectivity index (χ0n) is 9.76. The van der Waals surface area contributed by atoms with E-state index < -0.39 is 0 Å². The Labute approximate surface area is 104 Å². The van der Waals surface area contributed by atoms with Gasteiger partial charge in [0.15, 0.2) is 6.29 Å². The first kappa shape index (κ1) is 10.7. The normalized spacial score (nSPS) is 10.7. The fraction of sp³-hybridized carbons (Fsp3) is 0.0667. The molecule has 0 saturated heterocycles. The lowest BCUT2D eigenvalue weighted by Gasteiger charge is -2.01. The summed E-state index contributed by atoms with van der Waals surface area (Å²) in [6.45, 7) is 0. The summed E-state index contributed by atoms with van der Waals surface area (Å²) in [5.74, 6) is 0. The highest BCUT2D eigenvalue weighted by Gasteiger charge is 2.05. The Balaban J connectivity index is 2.00. The maximum absolute atomic E-state index is 10.9. The standard InChI is InChI=1S/C15H12N2O/c18-10-13-9-17-15-14(13)7-12(8-16-15)6-11-4-2-1-3-5-11/h1-5,7-10H,6H2,(H,16,17). The molecule has 2 heterocycles. The molecule has 3 nitrogen and oxygen atoms in total. The van der Waals surface area contributed by atoms with E-state index in [1.165, 1.54) is 5.56 Å². The third-order valence-corrected chi connectivity index (χ3v) is 3.00. The molecule has 3 heteroatoms. The first-order valence-corrected chi connectivity index (χ1v) is 5.82. The van der Waals surface area contributed by atoms with Crippen molar-refractivity contribution in [3.8, 4) is 0 Å². The third-order valence-electron chi connectivity index (χ3n) is 3.00. The van der Waals surface area contributed by atoms with Crippen LogP contribution in [-0.2, 0) is 6.42 Å². The number of pyridine rings is 1. The summed E-state index contributed by atoms with van der Waals surface area (Å²) in [5, 5.41) is 0.887. The Morgan fingerprint density at radius 1 is 1.17 bits per heavy atom. The lowest BCUT2D eigenvalue weighted by Crippen LogP contribution is -1.90. The molecule has 0 fully saturated rings. The molecule has 88 valence electrons. The molecule has 0 unspecified atom stereocenters. The van der Waals surface area contributed by atoms with Gasteiger partial charge in [0.05, 0.1) is 0 Å². The number of carbonyl (C=O) groups excluding carboxylic acids is 1. The molecule has 0 radical (unpaired) electrons. The van der Waals surface area contributed by atoms with Gasteiger partial charge in [0.1, 0.15) is 5.65 Å². The summed E-state index contributed by atoms with van der Waals surface area (Å²) in [4.78, 5) is 18.2. The fourth-order valence-corrected chi connectivity index (χ4v) is 2.09. The zero-order chi connectivity index (χ0) is 12.4. The largest absolute Gasteiger partial charge is 0.345 e. The van der Waals surface area contributed by atoms with Crippen LogP contribution in [0, 0.1) is 0 Å². The number of benzene rings is 1. The summed E-state index contributed by atoms with van der Waals surface area (Å²) < 4.78 is 0. The summed E-state index contributed by atoms with van der Waals surface area (Å²) in [6, 6.07) is 12.2. The van der Waals surface area contributed by atoms with Crippen molar-refractivity contribution in [2.75, 3.05) is 0 Å². The maximum Gasteiger partial charge on any atom is 0.152 e. The van der Waals surface area contributed by atoms with Crippen LogP contribution in [-0.4, -0.2) is 16.3 Å². The van der Waals surface area contributed by atoms with E-state index in [1.807, 2.05) is 30.5 Å². The van der Waals surface area contributed by atoms with Crippen molar-refractivity contribution in [3.05, 3.63) is 65.5 Å². The van der Waals surface area contributed by atoms with Gasteiger partial charge in [-0.15, -0.1) is 0 Å². The summed E-state index contributed by atoms with van der Waals surface area (Å²) in [5.41, 5.74) is 3.76. The highest BCUT2D eigenvalue weighted by molar-refractivity contribution is 5.95. The van der Waals surface area contributed by atoms with Crippen LogP contribution < -0.4 is 0 Å². The van der Waals surface area contributed by atoms with E-state index in [4.69, 9.17) is 0 Å². The van der Waals surface area contributed by atoms with Gasteiger partial charge in [0.2, 0.25) is 0 Å². The van der Waals surface area contributed by atoms with Crippen molar-refractivity contribution in [1.29, 1.82) is 0 Å². The second kappa shape index (κ2) is 4.45. The average Bonchev–Trinajstić information content (AvgIpc) is 2.82. The highest BCUT2D eigenvalue weighted by Crippen LogP contribution is 2.18. The molecular weight excluding hydrogens is 224 g/mol. The van der Waals surface area contributed by atoms with E-state index in [0.717, 1.165) is 29.3 Å². The van der Waals surface area contributed by atoms with Gasteiger partial charge in [-0.25, -0.2) is 4.98 Å². The monoisotopic (exact) mass is 236 g/mol. The molecule has 0 spiro atoms. The number of aldehydes is 1. The van der Waals surface area contributed by atoms with Gasteiger partial charge in [0, 0.05) is 23.3 Å². The average molecular weight is 236 g/mol. The second-order valence-corrected chi connectivity index (χ2v) is 4.26. The van der Waals surface area contributed by atoms with Crippen LogP contribution in [0.2, 0.25) is 0 Å². The fourth-order valence-electron chi connectivity index (χ4n) is 2.09. The molecule has 0 aliphatic carbocycles. The molecule has 0 aliphatic heterocycles. The van der Waals surface area contributed by atoms with Gasteiger partial charge in [-0.05, 0) is 23.6 Å². The minimum Gasteiger partial charge on any atom is -0.345 e. The smallest absolute Gasteiger partial charge is 0.152 e. The summed E-state index contributed by atoms with van der Waals surface area (Å²) >= 11 is 0. The predicted octanol–water partition coefficient (Wildman–Crippen LogP) is 2.97. The second-order valence-electron chi connectivity index (χ2n) is 4.26. The van der Waals surface area contributed by atoms with Crippen LogP contribution in [0.4, 0.5) is 0 Å². The number of hydrogen-bond donors (Lipinski definition) is 1. The minimum absolute atomic E-state index is 0.660. The van der Waals surface area contributed by atoms with Gasteiger partial charge in [-0.2, -0.15) is 0 Å². The Bertz CT molecular complexity index is 686. The molecule has 0 saturated carbocycles. The van der Waals surface area contributed by atoms with Gasteiger partial charge in [0.25, 0.3) is 0 Å². The van der Waals surface area contributed by atoms with Crippen molar-refractivity contribution in [3.63, 3.8) is 0 Å². The van der Waals surface area contributed by atoms with Crippen LogP contribution in [0.5, 0.6) is 0 Å². The van der Waals surface area contributed by atoms with Crippen LogP contribution >= 0.6 is 0 Å². The Morgan fingerprint density at radius 3 is 2.78 bits per heavy atom. The number of fused-ring (bicyclic) bond motifs is 1. The van der Waals surface area contributed by atoms with Gasteiger partial charge in [-0.1, -0.05) is 30.3 Å². The van der Waals surface area contributed by atoms with E-state index in [-0.39, 0.29) is 0 Å². The van der Waals surface area contributed by atoms with E-state index in [9.17, 15) is 4.79 Å². The van der Waals surface area contributed by atoms with Crippen molar-refractivity contribution in [2.24, 2.45) is 0 Å². The van der Waals surface area contributed by atoms with Crippen molar-refractivity contribution >= 4 is 17.3 Å². The molecule has 0 bridgehead atoms. The molecule has 2 aromatic heterocycles.